The third-order valence-electron chi connectivity index (χ3n) is 7.12. The Morgan fingerprint density at radius 2 is 1.82 bits per heavy atom. The molecule has 9 heteroatoms. The Balaban J connectivity index is 1.35. The predicted octanol–water partition coefficient (Wildman–Crippen LogP) is 3.58. The maximum atomic E-state index is 12.5. The van der Waals surface area contributed by atoms with Gasteiger partial charge in [0.05, 0.1) is 11.9 Å². The second-order valence-electron chi connectivity index (χ2n) is 9.53. The normalized spacial score (nSPS) is 17.6. The van der Waals surface area contributed by atoms with E-state index < -0.39 is 0 Å². The monoisotopic (exact) mass is 462 g/mol. The standard InChI is InChI=1S/C25H34N8O/c1-17(2)31-10-12-32(13-11-31)20-8-9-22(27-16-20)29-25-28-15-18-14-21(24(34)26-3)33(23(18)30-25)19-6-4-5-7-19/h8-9,14-17,19H,4-7,10-13H2,1-3H3,(H,26,34)(H,27,28,29,30). The number of nitrogens with zero attached hydrogens (tertiary/aromatic N) is 6. The molecule has 2 aliphatic rings. The van der Waals surface area contributed by atoms with E-state index in [1.165, 1.54) is 12.8 Å². The van der Waals surface area contributed by atoms with Gasteiger partial charge in [-0.1, -0.05) is 12.8 Å². The van der Waals surface area contributed by atoms with Crippen LogP contribution in [0.25, 0.3) is 11.0 Å². The molecule has 5 rings (SSSR count). The van der Waals surface area contributed by atoms with Crippen molar-refractivity contribution in [1.29, 1.82) is 0 Å². The van der Waals surface area contributed by atoms with Gasteiger partial charge in [0.25, 0.3) is 5.91 Å². The molecule has 0 radical (unpaired) electrons. The first-order valence-electron chi connectivity index (χ1n) is 12.4. The second kappa shape index (κ2) is 9.58. The lowest BCUT2D eigenvalue weighted by Crippen LogP contribution is -2.48. The molecular weight excluding hydrogens is 428 g/mol. The highest BCUT2D eigenvalue weighted by Crippen LogP contribution is 2.34. The van der Waals surface area contributed by atoms with Crippen LogP contribution in [0.1, 0.15) is 56.1 Å². The summed E-state index contributed by atoms with van der Waals surface area (Å²) in [7, 11) is 1.66. The maximum absolute atomic E-state index is 12.5. The number of hydrogen-bond acceptors (Lipinski definition) is 7. The lowest BCUT2D eigenvalue weighted by atomic mass is 10.2. The van der Waals surface area contributed by atoms with Crippen molar-refractivity contribution in [3.05, 3.63) is 36.3 Å². The SMILES string of the molecule is CNC(=O)c1cc2cnc(Nc3ccc(N4CCN(C(C)C)CC4)cn3)nc2n1C1CCCC1. The Bertz CT molecular complexity index is 1140. The van der Waals surface area contributed by atoms with Crippen molar-refractivity contribution < 1.29 is 4.79 Å². The summed E-state index contributed by atoms with van der Waals surface area (Å²) >= 11 is 0. The van der Waals surface area contributed by atoms with Crippen molar-refractivity contribution in [3.8, 4) is 0 Å². The van der Waals surface area contributed by atoms with Gasteiger partial charge in [-0.15, -0.1) is 0 Å². The van der Waals surface area contributed by atoms with E-state index in [9.17, 15) is 4.79 Å². The predicted molar refractivity (Wildman–Crippen MR) is 135 cm³/mol. The molecule has 1 aliphatic carbocycles. The zero-order valence-corrected chi connectivity index (χ0v) is 20.3. The van der Waals surface area contributed by atoms with Crippen LogP contribution in [0.2, 0.25) is 0 Å². The van der Waals surface area contributed by atoms with Crippen molar-refractivity contribution >= 4 is 34.4 Å². The van der Waals surface area contributed by atoms with Crippen LogP contribution in [-0.4, -0.2) is 69.6 Å². The van der Waals surface area contributed by atoms with Crippen LogP contribution in [0, 0.1) is 0 Å². The highest BCUT2D eigenvalue weighted by Gasteiger charge is 2.25. The van der Waals surface area contributed by atoms with E-state index in [0.29, 0.717) is 29.5 Å². The van der Waals surface area contributed by atoms with Gasteiger partial charge in [0, 0.05) is 56.9 Å². The molecule has 0 aromatic carbocycles. The number of piperazine rings is 1. The topological polar surface area (TPSA) is 91.2 Å². The van der Waals surface area contributed by atoms with Crippen LogP contribution < -0.4 is 15.5 Å². The van der Waals surface area contributed by atoms with Crippen LogP contribution in [0.15, 0.2) is 30.6 Å². The van der Waals surface area contributed by atoms with Crippen LogP contribution in [-0.2, 0) is 0 Å². The second-order valence-corrected chi connectivity index (χ2v) is 9.53. The number of rotatable bonds is 6. The van der Waals surface area contributed by atoms with Gasteiger partial charge in [0.1, 0.15) is 17.2 Å². The van der Waals surface area contributed by atoms with E-state index in [1.807, 2.05) is 18.3 Å². The lowest BCUT2D eigenvalue weighted by molar-refractivity contribution is 0.0952. The Morgan fingerprint density at radius 1 is 1.06 bits per heavy atom. The van der Waals surface area contributed by atoms with Crippen molar-refractivity contribution in [2.75, 3.05) is 43.4 Å². The highest BCUT2D eigenvalue weighted by atomic mass is 16.1. The summed E-state index contributed by atoms with van der Waals surface area (Å²) in [6, 6.07) is 6.85. The molecule has 0 unspecified atom stereocenters. The lowest BCUT2D eigenvalue weighted by Gasteiger charge is -2.38. The third-order valence-corrected chi connectivity index (χ3v) is 7.12. The molecule has 4 heterocycles. The van der Waals surface area contributed by atoms with Crippen molar-refractivity contribution in [3.63, 3.8) is 0 Å². The molecule has 1 aliphatic heterocycles. The quantitative estimate of drug-likeness (QED) is 0.579. The summed E-state index contributed by atoms with van der Waals surface area (Å²) in [5.74, 6) is 1.10. The van der Waals surface area contributed by atoms with E-state index in [0.717, 1.165) is 55.7 Å². The molecule has 0 atom stereocenters. The van der Waals surface area contributed by atoms with Crippen LogP contribution in [0.3, 0.4) is 0 Å². The summed E-state index contributed by atoms with van der Waals surface area (Å²) < 4.78 is 2.10. The average molecular weight is 463 g/mol. The maximum Gasteiger partial charge on any atom is 0.267 e. The fourth-order valence-corrected chi connectivity index (χ4v) is 5.16. The van der Waals surface area contributed by atoms with E-state index in [1.54, 1.807) is 13.2 Å². The molecular formula is C25H34N8O. The molecule has 2 N–H and O–H groups in total. The van der Waals surface area contributed by atoms with Crippen LogP contribution in [0.4, 0.5) is 17.5 Å². The molecule has 3 aromatic rings. The number of carbonyl (C=O) groups excluding carboxylic acids is 1. The highest BCUT2D eigenvalue weighted by molar-refractivity contribution is 5.98. The van der Waals surface area contributed by atoms with Gasteiger partial charge in [-0.3, -0.25) is 9.69 Å². The Kier molecular flexibility index (Phi) is 6.36. The molecule has 9 nitrogen and oxygen atoms in total. The number of hydrogen-bond donors (Lipinski definition) is 2. The molecule has 1 saturated heterocycles. The largest absolute Gasteiger partial charge is 0.368 e. The smallest absolute Gasteiger partial charge is 0.267 e. The Labute approximate surface area is 200 Å². The number of nitrogens with one attached hydrogen (secondary N) is 2. The van der Waals surface area contributed by atoms with Crippen molar-refractivity contribution in [2.45, 2.75) is 51.6 Å². The summed E-state index contributed by atoms with van der Waals surface area (Å²) in [5.41, 5.74) is 2.58. The van der Waals surface area contributed by atoms with Gasteiger partial charge in [-0.25, -0.2) is 9.97 Å². The van der Waals surface area contributed by atoms with Gasteiger partial charge in [0.2, 0.25) is 5.95 Å². The van der Waals surface area contributed by atoms with Gasteiger partial charge in [-0.2, -0.15) is 4.98 Å². The van der Waals surface area contributed by atoms with Crippen molar-refractivity contribution in [2.24, 2.45) is 0 Å². The molecule has 180 valence electrons. The number of carbonyl (C=O) groups is 1. The molecule has 2 fully saturated rings. The number of aromatic nitrogens is 4. The fraction of sp³-hybridized carbons (Fsp3) is 0.520. The minimum atomic E-state index is -0.0918. The molecule has 34 heavy (non-hydrogen) atoms. The summed E-state index contributed by atoms with van der Waals surface area (Å²) in [5, 5.41) is 6.88. The first-order chi connectivity index (χ1) is 16.5. The zero-order valence-electron chi connectivity index (χ0n) is 20.3. The molecule has 3 aromatic heterocycles. The van der Waals surface area contributed by atoms with E-state index in [-0.39, 0.29) is 5.91 Å². The minimum absolute atomic E-state index is 0.0918. The van der Waals surface area contributed by atoms with Crippen LogP contribution in [0.5, 0.6) is 0 Å². The average Bonchev–Trinajstić information content (AvgIpc) is 3.51. The van der Waals surface area contributed by atoms with Crippen LogP contribution >= 0.6 is 0 Å². The molecule has 1 amide bonds. The van der Waals surface area contributed by atoms with Gasteiger partial charge < -0.3 is 20.1 Å². The van der Waals surface area contributed by atoms with Gasteiger partial charge in [0.15, 0.2) is 0 Å². The zero-order chi connectivity index (χ0) is 23.7. The number of fused-ring (bicyclic) bond motifs is 1. The summed E-state index contributed by atoms with van der Waals surface area (Å²) in [6.07, 6.45) is 8.18. The van der Waals surface area contributed by atoms with Crippen molar-refractivity contribution in [1.82, 2.24) is 29.7 Å². The Hall–Kier alpha value is -3.20. The molecule has 1 saturated carbocycles. The molecule has 0 spiro atoms. The van der Waals surface area contributed by atoms with E-state index in [4.69, 9.17) is 4.98 Å². The van der Waals surface area contributed by atoms with Gasteiger partial charge >= 0.3 is 0 Å². The first kappa shape index (κ1) is 22.6. The minimum Gasteiger partial charge on any atom is -0.368 e. The summed E-state index contributed by atoms with van der Waals surface area (Å²) in [4.78, 5) is 31.3. The number of anilines is 3. The molecule has 0 bridgehead atoms. The summed E-state index contributed by atoms with van der Waals surface area (Å²) in [6.45, 7) is 8.67. The fourth-order valence-electron chi connectivity index (χ4n) is 5.16. The third kappa shape index (κ3) is 4.44. The number of pyridine rings is 1. The van der Waals surface area contributed by atoms with Gasteiger partial charge in [-0.05, 0) is 44.9 Å². The Morgan fingerprint density at radius 3 is 2.47 bits per heavy atom. The number of amides is 1. The van der Waals surface area contributed by atoms with E-state index in [2.05, 4.69) is 54.9 Å². The first-order valence-corrected chi connectivity index (χ1v) is 12.4. The van der Waals surface area contributed by atoms with E-state index >= 15 is 0 Å².